The molecule has 0 aromatic heterocycles. The summed E-state index contributed by atoms with van der Waals surface area (Å²) in [4.78, 5) is 0. The quantitative estimate of drug-likeness (QED) is 0.560. The second-order valence-corrected chi connectivity index (χ2v) is 6.12. The minimum Gasteiger partial charge on any atom is -0.316 e. The van der Waals surface area contributed by atoms with Gasteiger partial charge in [-0.1, -0.05) is 49.2 Å². The van der Waals surface area contributed by atoms with E-state index in [0.29, 0.717) is 0 Å². The molecule has 1 nitrogen and oxygen atoms in total. The Labute approximate surface area is 123 Å². The van der Waals surface area contributed by atoms with Gasteiger partial charge >= 0.3 is 0 Å². The molecule has 0 saturated heterocycles. The molecule has 19 heavy (non-hydrogen) atoms. The summed E-state index contributed by atoms with van der Waals surface area (Å²) in [5.74, 6) is 0.719. The summed E-state index contributed by atoms with van der Waals surface area (Å²) in [6.07, 6.45) is 4.34. The second kappa shape index (κ2) is 8.39. The molecule has 0 unspecified atom stereocenters. The van der Waals surface area contributed by atoms with Crippen LogP contribution >= 0.6 is 11.6 Å². The van der Waals surface area contributed by atoms with Crippen LogP contribution < -0.4 is 5.32 Å². The number of hydrogen-bond donors (Lipinski definition) is 1. The third kappa shape index (κ3) is 6.79. The number of allylic oxidation sites excluding steroid dienone is 1. The van der Waals surface area contributed by atoms with Gasteiger partial charge in [0, 0.05) is 5.02 Å². The van der Waals surface area contributed by atoms with Crippen LogP contribution in [-0.2, 0) is 6.42 Å². The van der Waals surface area contributed by atoms with Gasteiger partial charge in [0.15, 0.2) is 0 Å². The van der Waals surface area contributed by atoms with Crippen molar-refractivity contribution in [1.29, 1.82) is 0 Å². The number of nitrogens with one attached hydrogen (secondary N) is 1. The summed E-state index contributed by atoms with van der Waals surface area (Å²) in [5, 5.41) is 4.33. The van der Waals surface area contributed by atoms with Crippen LogP contribution in [0.4, 0.5) is 0 Å². The highest BCUT2D eigenvalue weighted by molar-refractivity contribution is 6.31. The molecule has 0 aliphatic heterocycles. The fourth-order valence-corrected chi connectivity index (χ4v) is 2.28. The van der Waals surface area contributed by atoms with Gasteiger partial charge in [0.25, 0.3) is 0 Å². The molecular weight excluding hydrogens is 254 g/mol. The highest BCUT2D eigenvalue weighted by Crippen LogP contribution is 2.20. The van der Waals surface area contributed by atoms with Crippen molar-refractivity contribution in [2.45, 2.75) is 40.5 Å². The zero-order valence-electron chi connectivity index (χ0n) is 12.6. The summed E-state index contributed by atoms with van der Waals surface area (Å²) in [6, 6.07) is 6.29. The average Bonchev–Trinajstić information content (AvgIpc) is 2.32. The summed E-state index contributed by atoms with van der Waals surface area (Å²) < 4.78 is 0. The largest absolute Gasteiger partial charge is 0.316 e. The maximum absolute atomic E-state index is 6.25. The fraction of sp³-hybridized carbons (Fsp3) is 0.529. The number of rotatable bonds is 7. The topological polar surface area (TPSA) is 12.0 Å². The van der Waals surface area contributed by atoms with Crippen LogP contribution in [0.5, 0.6) is 0 Å². The number of halogens is 1. The van der Waals surface area contributed by atoms with Crippen molar-refractivity contribution in [3.63, 3.8) is 0 Å². The molecule has 1 N–H and O–H groups in total. The maximum atomic E-state index is 6.25. The van der Waals surface area contributed by atoms with E-state index in [9.17, 15) is 0 Å². The van der Waals surface area contributed by atoms with Crippen LogP contribution in [0.2, 0.25) is 5.02 Å². The van der Waals surface area contributed by atoms with Crippen molar-refractivity contribution in [2.75, 3.05) is 13.1 Å². The van der Waals surface area contributed by atoms with E-state index in [1.54, 1.807) is 0 Å². The number of hydrogen-bond acceptors (Lipinski definition) is 1. The molecule has 0 saturated carbocycles. The van der Waals surface area contributed by atoms with Gasteiger partial charge in [-0.2, -0.15) is 0 Å². The number of aryl methyl sites for hydroxylation is 1. The standard InChI is InChI=1S/C17H26ClN/c1-13(2)12-19-9-5-6-14(3)10-16-8-7-15(4)11-17(16)18/h6-8,11,13,19H,5,9-10,12H2,1-4H3/b14-6-. The Hall–Kier alpha value is -0.790. The van der Waals surface area contributed by atoms with Crippen molar-refractivity contribution in [3.8, 4) is 0 Å². The predicted octanol–water partition coefficient (Wildman–Crippen LogP) is 4.77. The molecule has 0 atom stereocenters. The molecule has 1 aromatic carbocycles. The minimum atomic E-state index is 0.719. The van der Waals surface area contributed by atoms with Gasteiger partial charge in [0.05, 0.1) is 0 Å². The van der Waals surface area contributed by atoms with E-state index in [-0.39, 0.29) is 0 Å². The highest BCUT2D eigenvalue weighted by Gasteiger charge is 2.01. The molecule has 1 aromatic rings. The van der Waals surface area contributed by atoms with Crippen molar-refractivity contribution in [2.24, 2.45) is 5.92 Å². The Morgan fingerprint density at radius 2 is 2.11 bits per heavy atom. The van der Waals surface area contributed by atoms with Crippen molar-refractivity contribution in [3.05, 3.63) is 46.0 Å². The molecule has 0 aliphatic rings. The van der Waals surface area contributed by atoms with Crippen LogP contribution in [0, 0.1) is 12.8 Å². The van der Waals surface area contributed by atoms with Crippen molar-refractivity contribution >= 4 is 11.6 Å². The molecule has 0 spiro atoms. The zero-order chi connectivity index (χ0) is 14.3. The Kier molecular flexibility index (Phi) is 7.19. The first-order valence-electron chi connectivity index (χ1n) is 7.10. The van der Waals surface area contributed by atoms with Crippen molar-refractivity contribution in [1.82, 2.24) is 5.32 Å². The van der Waals surface area contributed by atoms with Gasteiger partial charge in [0.2, 0.25) is 0 Å². The molecule has 0 aliphatic carbocycles. The molecule has 0 amide bonds. The van der Waals surface area contributed by atoms with Gasteiger partial charge in [-0.05, 0) is 62.9 Å². The zero-order valence-corrected chi connectivity index (χ0v) is 13.3. The normalized spacial score (nSPS) is 12.2. The fourth-order valence-electron chi connectivity index (χ4n) is 1.98. The van der Waals surface area contributed by atoms with Gasteiger partial charge in [0.1, 0.15) is 0 Å². The van der Waals surface area contributed by atoms with Gasteiger partial charge < -0.3 is 5.32 Å². The van der Waals surface area contributed by atoms with Crippen LogP contribution in [-0.4, -0.2) is 13.1 Å². The van der Waals surface area contributed by atoms with Crippen LogP contribution in [0.15, 0.2) is 29.8 Å². The summed E-state index contributed by atoms with van der Waals surface area (Å²) >= 11 is 6.25. The van der Waals surface area contributed by atoms with E-state index < -0.39 is 0 Å². The van der Waals surface area contributed by atoms with E-state index in [2.05, 4.69) is 51.2 Å². The Morgan fingerprint density at radius 1 is 1.37 bits per heavy atom. The van der Waals surface area contributed by atoms with E-state index >= 15 is 0 Å². The van der Waals surface area contributed by atoms with Gasteiger partial charge in [-0.3, -0.25) is 0 Å². The van der Waals surface area contributed by atoms with E-state index in [0.717, 1.165) is 36.9 Å². The van der Waals surface area contributed by atoms with E-state index in [4.69, 9.17) is 11.6 Å². The molecule has 0 fully saturated rings. The minimum absolute atomic E-state index is 0.719. The smallest absolute Gasteiger partial charge is 0.0443 e. The molecule has 106 valence electrons. The number of benzene rings is 1. The Balaban J connectivity index is 2.39. The molecule has 2 heteroatoms. The lowest BCUT2D eigenvalue weighted by Gasteiger charge is -2.07. The maximum Gasteiger partial charge on any atom is 0.0443 e. The second-order valence-electron chi connectivity index (χ2n) is 5.71. The average molecular weight is 280 g/mol. The molecule has 0 radical (unpaired) electrons. The van der Waals surface area contributed by atoms with Crippen LogP contribution in [0.3, 0.4) is 0 Å². The first kappa shape index (κ1) is 16.3. The Morgan fingerprint density at radius 3 is 2.74 bits per heavy atom. The molecule has 0 bridgehead atoms. The molecule has 0 heterocycles. The van der Waals surface area contributed by atoms with E-state index in [1.165, 1.54) is 16.7 Å². The first-order valence-corrected chi connectivity index (χ1v) is 7.48. The monoisotopic (exact) mass is 279 g/mol. The Bertz CT molecular complexity index is 421. The lowest BCUT2D eigenvalue weighted by Crippen LogP contribution is -2.20. The lowest BCUT2D eigenvalue weighted by molar-refractivity contribution is 0.556. The van der Waals surface area contributed by atoms with Crippen LogP contribution in [0.25, 0.3) is 0 Å². The van der Waals surface area contributed by atoms with Crippen molar-refractivity contribution < 1.29 is 0 Å². The predicted molar refractivity (Wildman–Crippen MR) is 86.0 cm³/mol. The van der Waals surface area contributed by atoms with Gasteiger partial charge in [-0.25, -0.2) is 0 Å². The summed E-state index contributed by atoms with van der Waals surface area (Å²) in [7, 11) is 0. The van der Waals surface area contributed by atoms with E-state index in [1.807, 2.05) is 6.07 Å². The molecular formula is C17H26ClN. The van der Waals surface area contributed by atoms with Gasteiger partial charge in [-0.15, -0.1) is 0 Å². The third-order valence-electron chi connectivity index (χ3n) is 3.04. The lowest BCUT2D eigenvalue weighted by atomic mass is 10.0. The summed E-state index contributed by atoms with van der Waals surface area (Å²) in [6.45, 7) is 10.9. The molecule has 1 rings (SSSR count). The SMILES string of the molecule is C/C(=C/CCNCC(C)C)Cc1ccc(C)cc1Cl. The first-order chi connectivity index (χ1) is 8.99. The summed E-state index contributed by atoms with van der Waals surface area (Å²) in [5.41, 5.74) is 3.82. The highest BCUT2D eigenvalue weighted by atomic mass is 35.5. The third-order valence-corrected chi connectivity index (χ3v) is 3.40. The van der Waals surface area contributed by atoms with Crippen LogP contribution in [0.1, 0.15) is 38.3 Å².